The van der Waals surface area contributed by atoms with Crippen molar-refractivity contribution in [2.75, 3.05) is 26.7 Å². The lowest BCUT2D eigenvalue weighted by atomic mass is 10.2. The minimum atomic E-state index is -0.775. The van der Waals surface area contributed by atoms with Gasteiger partial charge in [0.05, 0.1) is 13.2 Å². The van der Waals surface area contributed by atoms with Crippen LogP contribution in [-0.2, 0) is 14.3 Å². The van der Waals surface area contributed by atoms with Gasteiger partial charge in [0.1, 0.15) is 0 Å². The summed E-state index contributed by atoms with van der Waals surface area (Å²) in [5, 5.41) is 8.41. The molecule has 0 heterocycles. The molecular weight excluding hydrogens is 198 g/mol. The van der Waals surface area contributed by atoms with Crippen LogP contribution in [0.4, 0.5) is 0 Å². The smallest absolute Gasteiger partial charge is 0.320 e. The Labute approximate surface area is 90.0 Å². The van der Waals surface area contributed by atoms with Gasteiger partial charge >= 0.3 is 11.9 Å². The highest BCUT2D eigenvalue weighted by Gasteiger charge is 2.06. The maximum atomic E-state index is 11.0. The van der Waals surface area contributed by atoms with Crippen LogP contribution in [0.1, 0.15) is 26.2 Å². The van der Waals surface area contributed by atoms with Crippen molar-refractivity contribution in [3.63, 3.8) is 0 Å². The fourth-order valence-corrected chi connectivity index (χ4v) is 1.16. The van der Waals surface area contributed by atoms with Gasteiger partial charge in [-0.2, -0.15) is 0 Å². The number of likely N-dealkylation sites (N-methyl/N-ethyl adjacent to an activating group) is 1. The van der Waals surface area contributed by atoms with Crippen LogP contribution in [0.25, 0.3) is 0 Å². The lowest BCUT2D eigenvalue weighted by molar-refractivity contribution is -0.144. The standard InChI is InChI=1S/C10H19NO4/c1-3-15-10(14)8-11(2)7-5-4-6-9(12)13/h3-8H2,1-2H3,(H,12,13). The molecule has 0 aromatic carbocycles. The number of ether oxygens (including phenoxy) is 1. The van der Waals surface area contributed by atoms with Crippen LogP contribution >= 0.6 is 0 Å². The third-order valence-electron chi connectivity index (χ3n) is 1.88. The van der Waals surface area contributed by atoms with Gasteiger partial charge in [0.15, 0.2) is 0 Å². The van der Waals surface area contributed by atoms with Gasteiger partial charge in [-0.1, -0.05) is 0 Å². The van der Waals surface area contributed by atoms with E-state index in [1.807, 2.05) is 11.9 Å². The molecule has 5 nitrogen and oxygen atoms in total. The normalized spacial score (nSPS) is 10.3. The van der Waals surface area contributed by atoms with Gasteiger partial charge in [-0.25, -0.2) is 0 Å². The number of carbonyl (C=O) groups is 2. The second-order valence-electron chi connectivity index (χ2n) is 3.39. The van der Waals surface area contributed by atoms with Gasteiger partial charge < -0.3 is 9.84 Å². The number of aliphatic carboxylic acids is 1. The molecule has 0 spiro atoms. The third-order valence-corrected chi connectivity index (χ3v) is 1.88. The lowest BCUT2D eigenvalue weighted by Gasteiger charge is -2.14. The van der Waals surface area contributed by atoms with Gasteiger partial charge in [-0.15, -0.1) is 0 Å². The first kappa shape index (κ1) is 13.9. The van der Waals surface area contributed by atoms with Crippen molar-refractivity contribution in [3.05, 3.63) is 0 Å². The molecule has 0 amide bonds. The number of hydrogen-bond donors (Lipinski definition) is 1. The average molecular weight is 217 g/mol. The first-order valence-corrected chi connectivity index (χ1v) is 5.12. The van der Waals surface area contributed by atoms with E-state index in [9.17, 15) is 9.59 Å². The SMILES string of the molecule is CCOC(=O)CN(C)CCCCC(=O)O. The highest BCUT2D eigenvalue weighted by molar-refractivity contribution is 5.71. The zero-order valence-electron chi connectivity index (χ0n) is 9.36. The minimum absolute atomic E-state index is 0.188. The Hall–Kier alpha value is -1.10. The van der Waals surface area contributed by atoms with Gasteiger partial charge in [0.2, 0.25) is 0 Å². The van der Waals surface area contributed by atoms with Crippen molar-refractivity contribution in [2.45, 2.75) is 26.2 Å². The Morgan fingerprint density at radius 1 is 1.33 bits per heavy atom. The summed E-state index contributed by atoms with van der Waals surface area (Å²) < 4.78 is 4.78. The molecule has 1 N–H and O–H groups in total. The lowest BCUT2D eigenvalue weighted by Crippen LogP contribution is -2.28. The molecular formula is C10H19NO4. The van der Waals surface area contributed by atoms with E-state index in [1.54, 1.807) is 6.92 Å². The maximum absolute atomic E-state index is 11.0. The second-order valence-corrected chi connectivity index (χ2v) is 3.39. The Morgan fingerprint density at radius 2 is 2.00 bits per heavy atom. The van der Waals surface area contributed by atoms with Crippen LogP contribution in [-0.4, -0.2) is 48.7 Å². The molecule has 0 atom stereocenters. The molecule has 0 aromatic heterocycles. The van der Waals surface area contributed by atoms with Gasteiger partial charge in [0.25, 0.3) is 0 Å². The Kier molecular flexibility index (Phi) is 7.62. The molecule has 0 unspecified atom stereocenters. The van der Waals surface area contributed by atoms with E-state index in [0.717, 1.165) is 6.42 Å². The molecule has 15 heavy (non-hydrogen) atoms. The summed E-state index contributed by atoms with van der Waals surface area (Å²) in [4.78, 5) is 23.1. The topological polar surface area (TPSA) is 66.8 Å². The first-order chi connectivity index (χ1) is 7.06. The summed E-state index contributed by atoms with van der Waals surface area (Å²) in [7, 11) is 1.82. The van der Waals surface area contributed by atoms with E-state index in [2.05, 4.69) is 0 Å². The van der Waals surface area contributed by atoms with Gasteiger partial charge in [0, 0.05) is 6.42 Å². The van der Waals surface area contributed by atoms with E-state index in [4.69, 9.17) is 9.84 Å². The Bertz CT molecular complexity index is 206. The van der Waals surface area contributed by atoms with Crippen LogP contribution in [0.2, 0.25) is 0 Å². The van der Waals surface area contributed by atoms with Crippen LogP contribution in [0.5, 0.6) is 0 Å². The molecule has 0 bridgehead atoms. The van der Waals surface area contributed by atoms with Crippen molar-refractivity contribution in [3.8, 4) is 0 Å². The van der Waals surface area contributed by atoms with Gasteiger partial charge in [-0.3, -0.25) is 14.5 Å². The number of carboxylic acids is 1. The Morgan fingerprint density at radius 3 is 2.53 bits per heavy atom. The van der Waals surface area contributed by atoms with Crippen molar-refractivity contribution in [1.82, 2.24) is 4.90 Å². The fraction of sp³-hybridized carbons (Fsp3) is 0.800. The summed E-state index contributed by atoms with van der Waals surface area (Å²) in [6.07, 6.45) is 1.61. The molecule has 0 aliphatic heterocycles. The quantitative estimate of drug-likeness (QED) is 0.479. The van der Waals surface area contributed by atoms with E-state index in [0.29, 0.717) is 19.6 Å². The maximum Gasteiger partial charge on any atom is 0.320 e. The number of esters is 1. The number of unbranched alkanes of at least 4 members (excludes halogenated alkanes) is 1. The highest BCUT2D eigenvalue weighted by Crippen LogP contribution is 1.97. The number of nitrogens with zero attached hydrogens (tertiary/aromatic N) is 1. The minimum Gasteiger partial charge on any atom is -0.481 e. The predicted octanol–water partition coefficient (Wildman–Crippen LogP) is 0.736. The zero-order chi connectivity index (χ0) is 11.7. The molecule has 0 radical (unpaired) electrons. The van der Waals surface area contributed by atoms with E-state index < -0.39 is 5.97 Å². The van der Waals surface area contributed by atoms with Crippen LogP contribution in [0.3, 0.4) is 0 Å². The molecule has 88 valence electrons. The average Bonchev–Trinajstić information content (AvgIpc) is 2.12. The molecule has 0 rings (SSSR count). The van der Waals surface area contributed by atoms with Crippen molar-refractivity contribution >= 4 is 11.9 Å². The van der Waals surface area contributed by atoms with Crippen LogP contribution < -0.4 is 0 Å². The third kappa shape index (κ3) is 9.21. The van der Waals surface area contributed by atoms with Crippen molar-refractivity contribution < 1.29 is 19.4 Å². The Balaban J connectivity index is 3.44. The molecule has 0 aliphatic rings. The van der Waals surface area contributed by atoms with Crippen LogP contribution in [0.15, 0.2) is 0 Å². The zero-order valence-corrected chi connectivity index (χ0v) is 9.36. The summed E-state index contributed by atoms with van der Waals surface area (Å²) in [5.74, 6) is -1.01. The molecule has 5 heteroatoms. The van der Waals surface area contributed by atoms with Crippen molar-refractivity contribution in [2.24, 2.45) is 0 Å². The fourth-order valence-electron chi connectivity index (χ4n) is 1.16. The van der Waals surface area contributed by atoms with E-state index >= 15 is 0 Å². The largest absolute Gasteiger partial charge is 0.481 e. The highest BCUT2D eigenvalue weighted by atomic mass is 16.5. The first-order valence-electron chi connectivity index (χ1n) is 5.12. The summed E-state index contributed by atoms with van der Waals surface area (Å²) in [5.41, 5.74) is 0. The monoisotopic (exact) mass is 217 g/mol. The van der Waals surface area contributed by atoms with E-state index in [1.165, 1.54) is 0 Å². The second kappa shape index (κ2) is 8.23. The van der Waals surface area contributed by atoms with Crippen molar-refractivity contribution in [1.29, 1.82) is 0 Å². The molecule has 0 aromatic rings. The summed E-state index contributed by atoms with van der Waals surface area (Å²) in [6.45, 7) is 3.14. The number of carboxylic acid groups (broad SMARTS) is 1. The predicted molar refractivity (Wildman–Crippen MR) is 55.6 cm³/mol. The van der Waals surface area contributed by atoms with Gasteiger partial charge in [-0.05, 0) is 33.4 Å². The molecule has 0 saturated heterocycles. The molecule has 0 fully saturated rings. The number of hydrogen-bond acceptors (Lipinski definition) is 4. The number of carbonyl (C=O) groups excluding carboxylic acids is 1. The van der Waals surface area contributed by atoms with E-state index in [-0.39, 0.29) is 18.9 Å². The summed E-state index contributed by atoms with van der Waals surface area (Å²) in [6, 6.07) is 0. The molecule has 0 saturated carbocycles. The number of rotatable bonds is 8. The van der Waals surface area contributed by atoms with Crippen LogP contribution in [0, 0.1) is 0 Å². The molecule has 0 aliphatic carbocycles. The summed E-state index contributed by atoms with van der Waals surface area (Å²) >= 11 is 0.